The number of benzene rings is 2. The molecule has 4 amide bonds. The van der Waals surface area contributed by atoms with Crippen LogP contribution in [0.3, 0.4) is 0 Å². The van der Waals surface area contributed by atoms with E-state index in [0.717, 1.165) is 135 Å². The molecular weight excluding hydrogens is 737 g/mol. The summed E-state index contributed by atoms with van der Waals surface area (Å²) in [4.78, 5) is 73.2. The fourth-order valence-corrected chi connectivity index (χ4v) is 9.73. The van der Waals surface area contributed by atoms with Crippen LogP contribution in [0.1, 0.15) is 125 Å². The molecule has 2 saturated carbocycles. The van der Waals surface area contributed by atoms with Gasteiger partial charge in [-0.25, -0.2) is 19.6 Å². The standard InChI is InChI=1S/C44H54N8O6/c1-57-43(55)49-37(29-11-5-3-6-12-29)41(53)51-23-9-15-35(51)39-45-31-21-19-27(25-33(31)47-39)17-18-28-20-22-32-34(26-28)48-40(46-32)36-16-10-24-52(36)42(54)38(50-44(56)58-2)30-13-7-4-8-14-30/h19-22,25-26,29-30,35-38H,3-16,23-24H2,1-2H3,(H,45,47)(H,46,48)(H,49,55)(H,50,56)/t35-,36-,37-,38-/m0/s1. The van der Waals surface area contributed by atoms with E-state index in [-0.39, 0.29) is 35.7 Å². The molecule has 2 aliphatic carbocycles. The van der Waals surface area contributed by atoms with Crippen LogP contribution >= 0.6 is 0 Å². The molecule has 4 atom stereocenters. The van der Waals surface area contributed by atoms with E-state index in [9.17, 15) is 19.2 Å². The molecule has 4 fully saturated rings. The van der Waals surface area contributed by atoms with E-state index in [1.807, 2.05) is 46.2 Å². The Morgan fingerprint density at radius 1 is 0.621 bits per heavy atom. The predicted octanol–water partition coefficient (Wildman–Crippen LogP) is 6.78. The number of aromatic nitrogens is 4. The number of alkyl carbamates (subject to hydrolysis) is 2. The van der Waals surface area contributed by atoms with Crippen molar-refractivity contribution in [3.63, 3.8) is 0 Å². The number of fused-ring (bicyclic) bond motifs is 2. The van der Waals surface area contributed by atoms with Crippen LogP contribution in [-0.4, -0.2) is 93.1 Å². The Kier molecular flexibility index (Phi) is 11.8. The fraction of sp³-hybridized carbons (Fsp3) is 0.545. The van der Waals surface area contributed by atoms with E-state index in [1.54, 1.807) is 0 Å². The average Bonchev–Trinajstić information content (AvgIpc) is 4.09. The van der Waals surface area contributed by atoms with Gasteiger partial charge >= 0.3 is 12.2 Å². The molecule has 14 nitrogen and oxygen atoms in total. The number of imidazole rings is 2. The Labute approximate surface area is 338 Å². The van der Waals surface area contributed by atoms with Crippen LogP contribution in [0.4, 0.5) is 9.59 Å². The summed E-state index contributed by atoms with van der Waals surface area (Å²) in [5, 5.41) is 5.73. The van der Waals surface area contributed by atoms with Crippen molar-refractivity contribution in [1.82, 2.24) is 40.4 Å². The van der Waals surface area contributed by atoms with Crippen LogP contribution in [0.25, 0.3) is 22.1 Å². The Balaban J connectivity index is 0.969. The quantitative estimate of drug-likeness (QED) is 0.141. The largest absolute Gasteiger partial charge is 0.453 e. The summed E-state index contributed by atoms with van der Waals surface area (Å²) in [6.45, 7) is 1.22. The van der Waals surface area contributed by atoms with Crippen LogP contribution in [0.15, 0.2) is 36.4 Å². The molecule has 2 aliphatic heterocycles. The molecule has 4 heterocycles. The van der Waals surface area contributed by atoms with Crippen LogP contribution in [0.5, 0.6) is 0 Å². The lowest BCUT2D eigenvalue weighted by Gasteiger charge is -2.34. The van der Waals surface area contributed by atoms with Crippen molar-refractivity contribution in [2.75, 3.05) is 27.3 Å². The summed E-state index contributed by atoms with van der Waals surface area (Å²) in [6.07, 6.45) is 12.3. The molecule has 306 valence electrons. The molecule has 2 aromatic heterocycles. The van der Waals surface area contributed by atoms with E-state index in [4.69, 9.17) is 19.4 Å². The number of hydrogen-bond donors (Lipinski definition) is 4. The second-order valence-corrected chi connectivity index (χ2v) is 16.4. The summed E-state index contributed by atoms with van der Waals surface area (Å²) in [5.74, 6) is 8.10. The number of carbonyl (C=O) groups is 4. The van der Waals surface area contributed by atoms with Gasteiger partial charge in [0.2, 0.25) is 11.8 Å². The minimum Gasteiger partial charge on any atom is -0.453 e. The van der Waals surface area contributed by atoms with E-state index in [0.29, 0.717) is 13.1 Å². The number of carbonyl (C=O) groups excluding carboxylic acids is 4. The molecule has 0 bridgehead atoms. The van der Waals surface area contributed by atoms with Crippen LogP contribution in [-0.2, 0) is 19.1 Å². The number of aromatic amines is 2. The van der Waals surface area contributed by atoms with Gasteiger partial charge < -0.3 is 39.9 Å². The zero-order valence-corrected chi connectivity index (χ0v) is 33.5. The maximum atomic E-state index is 14.0. The third-order valence-corrected chi connectivity index (χ3v) is 12.7. The SMILES string of the molecule is COC(=O)N[C@H](C(=O)N1CCC[C@H]1c1nc2ccc(C#Cc3ccc4nc([C@@H]5CCCN5C(=O)[C@@H](NC(=O)OC)C5CCCCC5)[nH]c4c3)cc2[nH]1)C1CCCCC1. The molecule has 2 saturated heterocycles. The molecule has 4 N–H and O–H groups in total. The average molecular weight is 791 g/mol. The number of methoxy groups -OCH3 is 2. The van der Waals surface area contributed by atoms with Gasteiger partial charge in [-0.3, -0.25) is 9.59 Å². The van der Waals surface area contributed by atoms with Gasteiger partial charge in [-0.15, -0.1) is 0 Å². The monoisotopic (exact) mass is 790 g/mol. The smallest absolute Gasteiger partial charge is 0.407 e. The highest BCUT2D eigenvalue weighted by Gasteiger charge is 2.41. The minimum absolute atomic E-state index is 0.0709. The first-order valence-corrected chi connectivity index (χ1v) is 21.1. The molecule has 4 aromatic rings. The second-order valence-electron chi connectivity index (χ2n) is 16.4. The maximum absolute atomic E-state index is 14.0. The number of nitrogens with zero attached hydrogens (tertiary/aromatic N) is 4. The van der Waals surface area contributed by atoms with Gasteiger partial charge in [0, 0.05) is 24.2 Å². The molecular formula is C44H54N8O6. The lowest BCUT2D eigenvalue weighted by atomic mass is 9.83. The van der Waals surface area contributed by atoms with Gasteiger partial charge in [-0.2, -0.15) is 0 Å². The number of ether oxygens (including phenoxy) is 2. The van der Waals surface area contributed by atoms with Crippen molar-refractivity contribution in [2.24, 2.45) is 11.8 Å². The van der Waals surface area contributed by atoms with Crippen molar-refractivity contribution in [1.29, 1.82) is 0 Å². The third-order valence-electron chi connectivity index (χ3n) is 12.7. The summed E-state index contributed by atoms with van der Waals surface area (Å²) in [6, 6.07) is 10.1. The number of amides is 4. The Morgan fingerprint density at radius 2 is 1.03 bits per heavy atom. The van der Waals surface area contributed by atoms with E-state index in [1.165, 1.54) is 14.2 Å². The van der Waals surface area contributed by atoms with Gasteiger partial charge in [0.05, 0.1) is 48.4 Å². The molecule has 0 spiro atoms. The van der Waals surface area contributed by atoms with E-state index < -0.39 is 24.3 Å². The van der Waals surface area contributed by atoms with Gasteiger partial charge in [0.15, 0.2) is 0 Å². The van der Waals surface area contributed by atoms with E-state index >= 15 is 0 Å². The topological polar surface area (TPSA) is 175 Å². The molecule has 8 rings (SSSR count). The van der Waals surface area contributed by atoms with Crippen molar-refractivity contribution in [3.05, 3.63) is 59.2 Å². The summed E-state index contributed by atoms with van der Waals surface area (Å²) in [7, 11) is 2.66. The highest BCUT2D eigenvalue weighted by molar-refractivity contribution is 5.88. The predicted molar refractivity (Wildman–Crippen MR) is 217 cm³/mol. The number of hydrogen-bond acceptors (Lipinski definition) is 8. The van der Waals surface area contributed by atoms with Gasteiger partial charge in [-0.1, -0.05) is 50.4 Å². The maximum Gasteiger partial charge on any atom is 0.407 e. The Morgan fingerprint density at radius 3 is 1.43 bits per heavy atom. The molecule has 58 heavy (non-hydrogen) atoms. The normalized spacial score (nSPS) is 21.3. The summed E-state index contributed by atoms with van der Waals surface area (Å²) >= 11 is 0. The molecule has 2 aromatic carbocycles. The molecule has 14 heteroatoms. The fourth-order valence-electron chi connectivity index (χ4n) is 9.73. The van der Waals surface area contributed by atoms with Crippen LogP contribution < -0.4 is 10.6 Å². The van der Waals surface area contributed by atoms with Crippen molar-refractivity contribution in [2.45, 2.75) is 114 Å². The first-order chi connectivity index (χ1) is 28.3. The minimum atomic E-state index is -0.616. The molecule has 0 radical (unpaired) electrons. The number of H-pyrrole nitrogens is 2. The lowest BCUT2D eigenvalue weighted by molar-refractivity contribution is -0.136. The second kappa shape index (κ2) is 17.5. The van der Waals surface area contributed by atoms with Gasteiger partial charge in [0.25, 0.3) is 0 Å². The van der Waals surface area contributed by atoms with Gasteiger partial charge in [-0.05, 0) is 99.6 Å². The third kappa shape index (κ3) is 8.35. The summed E-state index contributed by atoms with van der Waals surface area (Å²) in [5.41, 5.74) is 4.92. The van der Waals surface area contributed by atoms with Crippen LogP contribution in [0.2, 0.25) is 0 Å². The van der Waals surface area contributed by atoms with Crippen LogP contribution in [0, 0.1) is 23.7 Å². The number of rotatable bonds is 8. The Hall–Kier alpha value is -5.58. The first-order valence-electron chi connectivity index (χ1n) is 21.1. The number of likely N-dealkylation sites (tertiary alicyclic amines) is 2. The van der Waals surface area contributed by atoms with Crippen molar-refractivity contribution < 1.29 is 28.7 Å². The molecule has 0 unspecified atom stereocenters. The number of nitrogens with one attached hydrogen (secondary N) is 4. The summed E-state index contributed by atoms with van der Waals surface area (Å²) < 4.78 is 9.80. The molecule has 4 aliphatic rings. The lowest BCUT2D eigenvalue weighted by Crippen LogP contribution is -2.52. The van der Waals surface area contributed by atoms with Gasteiger partial charge in [0.1, 0.15) is 23.7 Å². The first kappa shape index (κ1) is 39.3. The van der Waals surface area contributed by atoms with E-state index in [2.05, 4.69) is 32.4 Å². The zero-order chi connectivity index (χ0) is 40.2. The van der Waals surface area contributed by atoms with Crippen molar-refractivity contribution >= 4 is 46.1 Å². The van der Waals surface area contributed by atoms with Crippen molar-refractivity contribution in [3.8, 4) is 11.8 Å². The highest BCUT2D eigenvalue weighted by atomic mass is 16.5. The highest BCUT2D eigenvalue weighted by Crippen LogP contribution is 2.37. The Bertz CT molecular complexity index is 2060. The zero-order valence-electron chi connectivity index (χ0n) is 33.5.